The van der Waals surface area contributed by atoms with Crippen LogP contribution in [0.5, 0.6) is 0 Å². The highest BCUT2D eigenvalue weighted by Gasteiger charge is 2.29. The van der Waals surface area contributed by atoms with Gasteiger partial charge in [-0.2, -0.15) is 0 Å². The van der Waals surface area contributed by atoms with Gasteiger partial charge in [-0.3, -0.25) is 4.79 Å². The van der Waals surface area contributed by atoms with Crippen LogP contribution in [0.15, 0.2) is 53.9 Å². The number of amides is 1. The number of carboxylic acids is 1. The smallest absolute Gasteiger partial charge is 0.339 e. The molecule has 6 nitrogen and oxygen atoms in total. The lowest BCUT2D eigenvalue weighted by Crippen LogP contribution is -2.51. The zero-order chi connectivity index (χ0) is 22.9. The molecule has 0 bridgehead atoms. The van der Waals surface area contributed by atoms with E-state index in [-0.39, 0.29) is 23.5 Å². The third-order valence-electron chi connectivity index (χ3n) is 6.72. The van der Waals surface area contributed by atoms with Crippen molar-refractivity contribution in [3.8, 4) is 0 Å². The largest absolute Gasteiger partial charge is 0.478 e. The number of fused-ring (bicyclic) bond motifs is 1. The molecule has 0 saturated carbocycles. The van der Waals surface area contributed by atoms with Gasteiger partial charge in [0.2, 0.25) is 0 Å². The van der Waals surface area contributed by atoms with Gasteiger partial charge in [0.05, 0.1) is 11.7 Å². The Morgan fingerprint density at radius 2 is 1.82 bits per heavy atom. The maximum atomic E-state index is 12.9. The molecular weight excluding hydrogens is 436 g/mol. The van der Waals surface area contributed by atoms with Crippen LogP contribution in [0.2, 0.25) is 0 Å². The number of rotatable bonds is 6. The minimum atomic E-state index is -0.999. The van der Waals surface area contributed by atoms with Gasteiger partial charge in [-0.15, -0.1) is 11.3 Å². The Balaban J connectivity index is 1.31. The van der Waals surface area contributed by atoms with Gasteiger partial charge in [0.1, 0.15) is 5.00 Å². The van der Waals surface area contributed by atoms with E-state index in [1.807, 2.05) is 29.6 Å². The summed E-state index contributed by atoms with van der Waals surface area (Å²) in [5.74, 6) is -1.16. The molecule has 2 aromatic carbocycles. The van der Waals surface area contributed by atoms with E-state index in [0.717, 1.165) is 43.6 Å². The molecule has 7 heteroatoms. The predicted molar refractivity (Wildman–Crippen MR) is 130 cm³/mol. The van der Waals surface area contributed by atoms with E-state index in [2.05, 4.69) is 22.3 Å². The van der Waals surface area contributed by atoms with Crippen molar-refractivity contribution < 1.29 is 19.4 Å². The maximum Gasteiger partial charge on any atom is 0.339 e. The summed E-state index contributed by atoms with van der Waals surface area (Å²) in [7, 11) is 1.71. The minimum Gasteiger partial charge on any atom is -0.478 e. The van der Waals surface area contributed by atoms with Crippen LogP contribution in [0, 0.1) is 0 Å². The van der Waals surface area contributed by atoms with Crippen LogP contribution in [0.4, 0.5) is 10.7 Å². The molecule has 3 aromatic rings. The second-order valence-corrected chi connectivity index (χ2v) is 9.55. The number of carbonyl (C=O) groups excluding carboxylic acids is 1. The van der Waals surface area contributed by atoms with E-state index in [0.29, 0.717) is 10.6 Å². The van der Waals surface area contributed by atoms with Crippen molar-refractivity contribution in [3.05, 3.63) is 81.7 Å². The second-order valence-electron chi connectivity index (χ2n) is 8.67. The van der Waals surface area contributed by atoms with Crippen molar-refractivity contribution in [1.29, 1.82) is 0 Å². The number of hydrogen-bond donors (Lipinski definition) is 2. The Kier molecular flexibility index (Phi) is 5.91. The van der Waals surface area contributed by atoms with Crippen molar-refractivity contribution in [2.75, 3.05) is 30.4 Å². The van der Waals surface area contributed by atoms with Crippen molar-refractivity contribution in [3.63, 3.8) is 0 Å². The Hall–Kier alpha value is -3.16. The maximum absolute atomic E-state index is 12.9. The summed E-state index contributed by atoms with van der Waals surface area (Å²) in [6.45, 7) is 1.68. The molecule has 2 aliphatic rings. The lowest BCUT2D eigenvalue weighted by atomic mass is 9.80. The molecule has 1 amide bonds. The first-order chi connectivity index (χ1) is 16.0. The lowest BCUT2D eigenvalue weighted by molar-refractivity contribution is 0.0696. The van der Waals surface area contributed by atoms with E-state index in [9.17, 15) is 14.7 Å². The molecule has 1 aliphatic carbocycles. The summed E-state index contributed by atoms with van der Waals surface area (Å²) < 4.78 is 5.31. The number of thiophene rings is 1. The van der Waals surface area contributed by atoms with E-state index in [1.54, 1.807) is 19.2 Å². The van der Waals surface area contributed by atoms with Crippen molar-refractivity contribution in [2.24, 2.45) is 0 Å². The number of anilines is 2. The molecule has 1 atom stereocenters. The van der Waals surface area contributed by atoms with Crippen LogP contribution in [0.25, 0.3) is 0 Å². The number of carbonyl (C=O) groups is 2. The fourth-order valence-corrected chi connectivity index (χ4v) is 5.77. The predicted octanol–water partition coefficient (Wildman–Crippen LogP) is 4.81. The number of methoxy groups -OCH3 is 1. The normalized spacial score (nSPS) is 17.8. The van der Waals surface area contributed by atoms with E-state index < -0.39 is 5.97 Å². The van der Waals surface area contributed by atoms with Crippen molar-refractivity contribution in [2.45, 2.75) is 31.3 Å². The Labute approximate surface area is 196 Å². The molecule has 1 aromatic heterocycles. The van der Waals surface area contributed by atoms with Gasteiger partial charge in [-0.1, -0.05) is 24.3 Å². The third-order valence-corrected chi connectivity index (χ3v) is 7.64. The van der Waals surface area contributed by atoms with Crippen LogP contribution in [-0.4, -0.2) is 43.3 Å². The van der Waals surface area contributed by atoms with Gasteiger partial charge in [-0.25, -0.2) is 4.79 Å². The van der Waals surface area contributed by atoms with Crippen molar-refractivity contribution in [1.82, 2.24) is 0 Å². The summed E-state index contributed by atoms with van der Waals surface area (Å²) in [6, 6.07) is 15.7. The molecule has 170 valence electrons. The molecule has 33 heavy (non-hydrogen) atoms. The number of aromatic carboxylic acids is 1. The highest BCUT2D eigenvalue weighted by atomic mass is 32.1. The minimum absolute atomic E-state index is 0.139. The standard InChI is InChI=1S/C26H26N2O4S/c1-32-21-13-28(14-21)20-10-8-17(9-11-20)24(29)27-25-23(26(30)31)22(15-33-25)19-7-6-16-4-2-3-5-18(16)12-19/h2-5,8-11,15,19,21H,6-7,12-14H2,1H3,(H,27,29)(H,30,31). The highest BCUT2D eigenvalue weighted by molar-refractivity contribution is 7.15. The fourth-order valence-electron chi connectivity index (χ4n) is 4.74. The van der Waals surface area contributed by atoms with Gasteiger partial charge in [0, 0.05) is 31.5 Å². The van der Waals surface area contributed by atoms with Gasteiger partial charge < -0.3 is 20.1 Å². The van der Waals surface area contributed by atoms with Crippen LogP contribution < -0.4 is 10.2 Å². The van der Waals surface area contributed by atoms with E-state index in [1.165, 1.54) is 22.5 Å². The molecule has 2 heterocycles. The monoisotopic (exact) mass is 462 g/mol. The number of nitrogens with one attached hydrogen (secondary N) is 1. The first-order valence-electron chi connectivity index (χ1n) is 11.1. The number of hydrogen-bond acceptors (Lipinski definition) is 5. The van der Waals surface area contributed by atoms with Crippen LogP contribution >= 0.6 is 11.3 Å². The summed E-state index contributed by atoms with van der Waals surface area (Å²) in [5.41, 5.74) is 5.20. The third kappa shape index (κ3) is 4.26. The van der Waals surface area contributed by atoms with Gasteiger partial charge in [-0.05, 0) is 71.5 Å². The summed E-state index contributed by atoms with van der Waals surface area (Å²) in [4.78, 5) is 27.2. The number of carboxylic acid groups (broad SMARTS) is 1. The van der Waals surface area contributed by atoms with Crippen LogP contribution in [-0.2, 0) is 17.6 Å². The zero-order valence-electron chi connectivity index (χ0n) is 18.4. The SMILES string of the molecule is COC1CN(c2ccc(C(=O)Nc3scc(C4CCc5ccccc5C4)c3C(=O)O)cc2)C1. The summed E-state index contributed by atoms with van der Waals surface area (Å²) in [5, 5.41) is 15.1. The molecule has 0 radical (unpaired) electrons. The number of aryl methyl sites for hydroxylation is 1. The van der Waals surface area contributed by atoms with Gasteiger partial charge in [0.15, 0.2) is 0 Å². The molecule has 1 unspecified atom stereocenters. The number of benzene rings is 2. The number of ether oxygens (including phenoxy) is 1. The average molecular weight is 463 g/mol. The average Bonchev–Trinajstić information content (AvgIpc) is 3.22. The summed E-state index contributed by atoms with van der Waals surface area (Å²) in [6.07, 6.45) is 2.92. The lowest BCUT2D eigenvalue weighted by Gasteiger charge is -2.40. The second kappa shape index (κ2) is 9.00. The zero-order valence-corrected chi connectivity index (χ0v) is 19.2. The molecule has 1 saturated heterocycles. The molecule has 2 N–H and O–H groups in total. The number of nitrogens with zero attached hydrogens (tertiary/aromatic N) is 1. The van der Waals surface area contributed by atoms with Gasteiger partial charge >= 0.3 is 5.97 Å². The molecule has 0 spiro atoms. The highest BCUT2D eigenvalue weighted by Crippen LogP contribution is 2.40. The van der Waals surface area contributed by atoms with E-state index in [4.69, 9.17) is 4.74 Å². The summed E-state index contributed by atoms with van der Waals surface area (Å²) >= 11 is 1.29. The first-order valence-corrected chi connectivity index (χ1v) is 12.0. The molecule has 1 aliphatic heterocycles. The quantitative estimate of drug-likeness (QED) is 0.550. The molecule has 1 fully saturated rings. The topological polar surface area (TPSA) is 78.9 Å². The molecular formula is C26H26N2O4S. The fraction of sp³-hybridized carbons (Fsp3) is 0.308. The first kappa shape index (κ1) is 21.7. The van der Waals surface area contributed by atoms with Crippen LogP contribution in [0.1, 0.15) is 49.7 Å². The van der Waals surface area contributed by atoms with Crippen LogP contribution in [0.3, 0.4) is 0 Å². The van der Waals surface area contributed by atoms with Gasteiger partial charge in [0.25, 0.3) is 5.91 Å². The Bertz CT molecular complexity index is 1180. The molecule has 5 rings (SSSR count). The Morgan fingerprint density at radius 1 is 1.09 bits per heavy atom. The van der Waals surface area contributed by atoms with Crippen molar-refractivity contribution >= 4 is 33.9 Å². The van der Waals surface area contributed by atoms with E-state index >= 15 is 0 Å². The Morgan fingerprint density at radius 3 is 2.52 bits per heavy atom.